The molecule has 1 N–H and O–H groups in total. The summed E-state index contributed by atoms with van der Waals surface area (Å²) in [4.78, 5) is 28.3. The average Bonchev–Trinajstić information content (AvgIpc) is 3.01. The molecule has 1 aliphatic carbocycles. The fraction of sp³-hybridized carbons (Fsp3) is 0.471. The van der Waals surface area contributed by atoms with Crippen LogP contribution in [-0.4, -0.2) is 33.9 Å². The molecule has 0 radical (unpaired) electrons. The van der Waals surface area contributed by atoms with Gasteiger partial charge in [-0.25, -0.2) is 4.98 Å². The van der Waals surface area contributed by atoms with Gasteiger partial charge in [-0.15, -0.1) is 0 Å². The van der Waals surface area contributed by atoms with Crippen LogP contribution >= 0.6 is 11.8 Å². The highest BCUT2D eigenvalue weighted by Crippen LogP contribution is 2.32. The molecule has 2 heterocycles. The Kier molecular flexibility index (Phi) is 5.47. The molecule has 25 heavy (non-hydrogen) atoms. The van der Waals surface area contributed by atoms with E-state index < -0.39 is 0 Å². The number of thioether (sulfide) groups is 1. The standard InChI is InChI=1S/C17H21N3O4S/c1-20-8-7-18-17(20)25-12-5-3-11(4-6-12)19-16(22)14-9-13(21)15(23-2)10-24-14/h7-12H,3-6H2,1-2H3,(H,19,22). The average molecular weight is 363 g/mol. The van der Waals surface area contributed by atoms with Crippen molar-refractivity contribution in [3.63, 3.8) is 0 Å². The molecule has 2 aromatic rings. The predicted molar refractivity (Wildman–Crippen MR) is 94.1 cm³/mol. The molecular formula is C17H21N3O4S. The third kappa shape index (κ3) is 4.25. The Hall–Kier alpha value is -2.22. The number of carbonyl (C=O) groups is 1. The second-order valence-electron chi connectivity index (χ2n) is 6.06. The van der Waals surface area contributed by atoms with E-state index in [1.54, 1.807) is 18.0 Å². The lowest BCUT2D eigenvalue weighted by atomic mass is 9.95. The zero-order valence-electron chi connectivity index (χ0n) is 14.2. The number of hydrogen-bond donors (Lipinski definition) is 1. The zero-order chi connectivity index (χ0) is 17.8. The highest BCUT2D eigenvalue weighted by molar-refractivity contribution is 7.99. The van der Waals surface area contributed by atoms with Crippen LogP contribution in [0, 0.1) is 0 Å². The molecule has 1 saturated carbocycles. The van der Waals surface area contributed by atoms with Gasteiger partial charge in [0, 0.05) is 36.8 Å². The van der Waals surface area contributed by atoms with E-state index in [-0.39, 0.29) is 28.9 Å². The largest absolute Gasteiger partial charge is 0.490 e. The molecule has 134 valence electrons. The van der Waals surface area contributed by atoms with Gasteiger partial charge >= 0.3 is 0 Å². The van der Waals surface area contributed by atoms with E-state index in [1.807, 2.05) is 17.8 Å². The quantitative estimate of drug-likeness (QED) is 0.876. The smallest absolute Gasteiger partial charge is 0.287 e. The van der Waals surface area contributed by atoms with Crippen LogP contribution in [0.3, 0.4) is 0 Å². The second kappa shape index (κ2) is 7.77. The van der Waals surface area contributed by atoms with Gasteiger partial charge in [0.25, 0.3) is 5.91 Å². The van der Waals surface area contributed by atoms with Crippen molar-refractivity contribution in [1.29, 1.82) is 0 Å². The van der Waals surface area contributed by atoms with Gasteiger partial charge in [-0.05, 0) is 25.7 Å². The van der Waals surface area contributed by atoms with Crippen LogP contribution in [0.15, 0.2) is 39.1 Å². The Morgan fingerprint density at radius 3 is 2.76 bits per heavy atom. The molecule has 2 aromatic heterocycles. The number of nitrogens with one attached hydrogen (secondary N) is 1. The lowest BCUT2D eigenvalue weighted by molar-refractivity contribution is 0.0897. The first kappa shape index (κ1) is 17.6. The van der Waals surface area contributed by atoms with Crippen LogP contribution < -0.4 is 15.5 Å². The molecule has 7 nitrogen and oxygen atoms in total. The molecule has 0 unspecified atom stereocenters. The Bertz CT molecular complexity index is 793. The number of aromatic nitrogens is 2. The van der Waals surface area contributed by atoms with Crippen molar-refractivity contribution in [2.75, 3.05) is 7.11 Å². The fourth-order valence-electron chi connectivity index (χ4n) is 2.86. The van der Waals surface area contributed by atoms with Gasteiger partial charge in [0.2, 0.25) is 11.2 Å². The Labute approximate surface area is 149 Å². The number of aryl methyl sites for hydroxylation is 1. The minimum atomic E-state index is -0.367. The second-order valence-corrected chi connectivity index (χ2v) is 7.33. The van der Waals surface area contributed by atoms with E-state index in [0.29, 0.717) is 5.25 Å². The molecule has 3 rings (SSSR count). The van der Waals surface area contributed by atoms with Crippen LogP contribution in [0.4, 0.5) is 0 Å². The SMILES string of the molecule is COc1coc(C(=O)NC2CCC(Sc3nccn3C)CC2)cc1=O. The first-order valence-corrected chi connectivity index (χ1v) is 9.06. The highest BCUT2D eigenvalue weighted by atomic mass is 32.2. The van der Waals surface area contributed by atoms with E-state index in [9.17, 15) is 9.59 Å². The van der Waals surface area contributed by atoms with Crippen molar-refractivity contribution in [3.8, 4) is 5.75 Å². The minimum Gasteiger partial charge on any atom is -0.490 e. The summed E-state index contributed by atoms with van der Waals surface area (Å²) in [6, 6.07) is 1.26. The fourth-order valence-corrected chi connectivity index (χ4v) is 4.02. The lowest BCUT2D eigenvalue weighted by Gasteiger charge is -2.28. The molecule has 0 atom stereocenters. The third-order valence-corrected chi connectivity index (χ3v) is 5.71. The summed E-state index contributed by atoms with van der Waals surface area (Å²) in [6.45, 7) is 0. The number of carbonyl (C=O) groups excluding carboxylic acids is 1. The maximum Gasteiger partial charge on any atom is 0.287 e. The maximum atomic E-state index is 12.2. The summed E-state index contributed by atoms with van der Waals surface area (Å²) >= 11 is 1.79. The molecule has 0 bridgehead atoms. The van der Waals surface area contributed by atoms with Crippen molar-refractivity contribution in [3.05, 3.63) is 40.7 Å². The van der Waals surface area contributed by atoms with E-state index in [0.717, 1.165) is 43.2 Å². The van der Waals surface area contributed by atoms with E-state index >= 15 is 0 Å². The van der Waals surface area contributed by atoms with Gasteiger partial charge in [-0.1, -0.05) is 11.8 Å². The van der Waals surface area contributed by atoms with Gasteiger partial charge in [0.05, 0.1) is 7.11 Å². The van der Waals surface area contributed by atoms with Crippen molar-refractivity contribution < 1.29 is 13.9 Å². The normalized spacial score (nSPS) is 20.2. The number of nitrogens with zero attached hydrogens (tertiary/aromatic N) is 2. The highest BCUT2D eigenvalue weighted by Gasteiger charge is 2.25. The molecule has 8 heteroatoms. The first-order chi connectivity index (χ1) is 12.1. The summed E-state index contributed by atoms with van der Waals surface area (Å²) in [7, 11) is 3.37. The minimum absolute atomic E-state index is 0.00955. The summed E-state index contributed by atoms with van der Waals surface area (Å²) < 4.78 is 12.0. The zero-order valence-corrected chi connectivity index (χ0v) is 15.0. The van der Waals surface area contributed by atoms with Crippen LogP contribution in [0.5, 0.6) is 5.75 Å². The van der Waals surface area contributed by atoms with E-state index in [1.165, 1.54) is 7.11 Å². The molecule has 1 amide bonds. The van der Waals surface area contributed by atoms with Crippen molar-refractivity contribution in [2.24, 2.45) is 7.05 Å². The number of amides is 1. The van der Waals surface area contributed by atoms with Gasteiger partial charge < -0.3 is 19.0 Å². The summed E-state index contributed by atoms with van der Waals surface area (Å²) in [5.41, 5.74) is -0.367. The maximum absolute atomic E-state index is 12.2. The Balaban J connectivity index is 1.51. The number of imidazole rings is 1. The molecule has 1 aliphatic rings. The van der Waals surface area contributed by atoms with Gasteiger partial charge in [-0.3, -0.25) is 9.59 Å². The van der Waals surface area contributed by atoms with Gasteiger partial charge in [-0.2, -0.15) is 0 Å². The summed E-state index contributed by atoms with van der Waals surface area (Å²) in [5.74, 6) is -0.265. The Morgan fingerprint density at radius 1 is 1.40 bits per heavy atom. The summed E-state index contributed by atoms with van der Waals surface area (Å²) in [5, 5.41) is 4.48. The Morgan fingerprint density at radius 2 is 2.16 bits per heavy atom. The number of ether oxygens (including phenoxy) is 1. The third-order valence-electron chi connectivity index (χ3n) is 4.30. The van der Waals surface area contributed by atoms with Crippen molar-refractivity contribution >= 4 is 17.7 Å². The van der Waals surface area contributed by atoms with Crippen molar-refractivity contribution in [2.45, 2.75) is 42.1 Å². The van der Waals surface area contributed by atoms with E-state index in [2.05, 4.69) is 10.3 Å². The number of hydrogen-bond acceptors (Lipinski definition) is 6. The number of methoxy groups -OCH3 is 1. The van der Waals surface area contributed by atoms with Gasteiger partial charge in [0.1, 0.15) is 6.26 Å². The van der Waals surface area contributed by atoms with Crippen molar-refractivity contribution in [1.82, 2.24) is 14.9 Å². The predicted octanol–water partition coefficient (Wildman–Crippen LogP) is 2.22. The van der Waals surface area contributed by atoms with Crippen LogP contribution in [0.2, 0.25) is 0 Å². The topological polar surface area (TPSA) is 86.4 Å². The molecule has 0 spiro atoms. The molecule has 0 aliphatic heterocycles. The number of rotatable bonds is 5. The summed E-state index contributed by atoms with van der Waals surface area (Å²) in [6.07, 6.45) is 8.72. The molecule has 0 aromatic carbocycles. The lowest BCUT2D eigenvalue weighted by Crippen LogP contribution is -2.38. The molecular weight excluding hydrogens is 342 g/mol. The molecule has 1 fully saturated rings. The molecule has 0 saturated heterocycles. The van der Waals surface area contributed by atoms with E-state index in [4.69, 9.17) is 9.15 Å². The first-order valence-electron chi connectivity index (χ1n) is 8.18. The van der Waals surface area contributed by atoms with Crippen LogP contribution in [-0.2, 0) is 7.05 Å². The van der Waals surface area contributed by atoms with Gasteiger partial charge in [0.15, 0.2) is 10.9 Å². The monoisotopic (exact) mass is 363 g/mol. The van der Waals surface area contributed by atoms with Crippen LogP contribution in [0.1, 0.15) is 36.2 Å². The van der Waals surface area contributed by atoms with Crippen LogP contribution in [0.25, 0.3) is 0 Å².